The monoisotopic (exact) mass is 1300 g/mol. The van der Waals surface area contributed by atoms with Crippen LogP contribution >= 0.6 is 48.0 Å². The minimum atomic E-state index is -2.92. The fraction of sp³-hybridized carbons (Fsp3) is 0.731. The highest BCUT2D eigenvalue weighted by atomic mass is 32.2. The zero-order valence-corrected chi connectivity index (χ0v) is 58.8. The summed E-state index contributed by atoms with van der Waals surface area (Å²) in [5.74, 6) is 0.950. The molecule has 0 amide bonds. The van der Waals surface area contributed by atoms with Crippen molar-refractivity contribution in [1.29, 1.82) is 0 Å². The Morgan fingerprint density at radius 3 is 1.43 bits per heavy atom. The average molecular weight is 1300 g/mol. The molecule has 4 fully saturated rings. The van der Waals surface area contributed by atoms with E-state index in [4.69, 9.17) is 64.6 Å². The summed E-state index contributed by atoms with van der Waals surface area (Å²) in [6, 6.07) is 0. The lowest BCUT2D eigenvalue weighted by molar-refractivity contribution is -0.0570. The Hall–Kier alpha value is -2.97. The summed E-state index contributed by atoms with van der Waals surface area (Å²) in [5.41, 5.74) is 2.02. The third-order valence-electron chi connectivity index (χ3n) is 16.1. The molecule has 0 aromatic carbocycles. The van der Waals surface area contributed by atoms with Crippen LogP contribution < -0.4 is 11.1 Å². The van der Waals surface area contributed by atoms with Gasteiger partial charge in [-0.1, -0.05) is 147 Å². The largest absolute Gasteiger partial charge is 0.468 e. The number of rotatable bonds is 11. The van der Waals surface area contributed by atoms with Crippen LogP contribution in [0.15, 0.2) is 34.9 Å². The molecule has 0 spiro atoms. The highest BCUT2D eigenvalue weighted by Gasteiger charge is 2.64. The number of aryl methyl sites for hydroxylation is 2. The van der Waals surface area contributed by atoms with Crippen molar-refractivity contribution in [3.8, 4) is 0 Å². The number of hydrogen-bond donors (Lipinski definition) is 3. The molecule has 4 saturated heterocycles. The van der Waals surface area contributed by atoms with Crippen molar-refractivity contribution in [2.24, 2.45) is 0 Å². The minimum absolute atomic E-state index is 0.137. The Bertz CT molecular complexity index is 3110. The standard InChI is InChI=1S/C25H42N4O6S2Si2.C23H40N4O6Si2.C4H5N3S2/c1-13(2)38(14(3)4)31-11-18-20(34-39(35-38,15(5)6)16(7)8)21(33-25(36)37-10)24(32-18)29-12-26-19-22(29)27-17(9)28-23(19)30;1-12(2)34(13(3)4)30-10-17-20(32-35(33-34,14(5)6)15(7)8)19(28)23(31-17)27-11-24-18-21(27)25-16(9)26-22(18)29;1-9-4(8)7-3-5-2-6-7/h12-16,18,20-21,24H,11H2,1-10H3,(H,27,28,30);11-15,17,19-20,23,28H,10H2,1-9H3,(H,25,26,29);2-3H,1H3/t18-,20+,21?,24-;17-,19?,20+,23-;/m11./s1. The van der Waals surface area contributed by atoms with Crippen molar-refractivity contribution in [3.63, 3.8) is 0 Å². The predicted molar refractivity (Wildman–Crippen MR) is 340 cm³/mol. The zero-order valence-electron chi connectivity index (χ0n) is 51.6. The van der Waals surface area contributed by atoms with Gasteiger partial charge in [0, 0.05) is 0 Å². The molecule has 9 rings (SSSR count). The molecule has 5 aromatic heterocycles. The average Bonchev–Trinajstić information content (AvgIpc) is 3.00. The Morgan fingerprint density at radius 1 is 0.627 bits per heavy atom. The number of hydrogen-bond acceptors (Lipinski definition) is 22. The number of fused-ring (bicyclic) bond motifs is 4. The second-order valence-electron chi connectivity index (χ2n) is 24.0. The van der Waals surface area contributed by atoms with Crippen molar-refractivity contribution in [2.75, 3.05) is 25.7 Å². The van der Waals surface area contributed by atoms with Crippen LogP contribution in [0.25, 0.3) is 22.3 Å². The van der Waals surface area contributed by atoms with E-state index in [0.29, 0.717) is 38.3 Å². The second kappa shape index (κ2) is 27.2. The van der Waals surface area contributed by atoms with Crippen LogP contribution in [0.5, 0.6) is 0 Å². The SMILES string of the molecule is CSC(=S)OC1[C@H]2O[Si](C(C)C)(C(C)C)O[Si](C(C)C)(C(C)C)OC[C@H]2O[C@H]1n1cnc2c(=O)[nH]c(C)nc21.CSC(=S)n1cncn1.Cc1nc2c(ncn2[C@@H]2O[C@@H]3CO[Si](C(C)C)(C(C)C)O[Si](C(C)C)(C(C)C)O[C@@H]3C2O)c(=O)[nH]1. The van der Waals surface area contributed by atoms with Crippen molar-refractivity contribution in [3.05, 3.63) is 57.7 Å². The zero-order chi connectivity index (χ0) is 61.4. The third kappa shape index (κ3) is 13.3. The molecular weight excluding hydrogens is 1210 g/mol. The highest BCUT2D eigenvalue weighted by Crippen LogP contribution is 2.51. The quantitative estimate of drug-likeness (QED) is 0.0820. The molecule has 2 unspecified atom stereocenters. The van der Waals surface area contributed by atoms with Crippen molar-refractivity contribution in [1.82, 2.24) is 53.8 Å². The Morgan fingerprint density at radius 2 is 1.04 bits per heavy atom. The molecule has 31 heteroatoms. The number of thiocarbonyl (C=S) groups is 2. The lowest BCUT2D eigenvalue weighted by atomic mass is 10.1. The number of aromatic amines is 2. The fourth-order valence-electron chi connectivity index (χ4n) is 11.8. The van der Waals surface area contributed by atoms with Crippen LogP contribution in [0.1, 0.15) is 135 Å². The van der Waals surface area contributed by atoms with Gasteiger partial charge in [-0.05, 0) is 82.9 Å². The molecule has 9 heterocycles. The molecule has 5 aromatic rings. The van der Waals surface area contributed by atoms with Gasteiger partial charge in [-0.25, -0.2) is 29.6 Å². The highest BCUT2D eigenvalue weighted by molar-refractivity contribution is 8.22. The number of ether oxygens (including phenoxy) is 3. The molecule has 462 valence electrons. The summed E-state index contributed by atoms with van der Waals surface area (Å²) in [4.78, 5) is 51.7. The Kier molecular flexibility index (Phi) is 22.1. The molecule has 83 heavy (non-hydrogen) atoms. The Balaban J connectivity index is 0.000000208. The van der Waals surface area contributed by atoms with Gasteiger partial charge in [-0.15, -0.1) is 0 Å². The predicted octanol–water partition coefficient (Wildman–Crippen LogP) is 9.73. The number of nitrogens with zero attached hydrogens (tertiary/aromatic N) is 9. The first-order valence-corrected chi connectivity index (χ1v) is 39.7. The number of imidazole rings is 2. The van der Waals surface area contributed by atoms with Crippen molar-refractivity contribution in [2.45, 2.75) is 218 Å². The molecule has 0 aliphatic carbocycles. The van der Waals surface area contributed by atoms with Crippen LogP contribution in [-0.2, 0) is 40.1 Å². The number of aliphatic hydroxyl groups excluding tert-OH is 1. The van der Waals surface area contributed by atoms with E-state index in [9.17, 15) is 14.7 Å². The van der Waals surface area contributed by atoms with Crippen LogP contribution in [0.4, 0.5) is 0 Å². The van der Waals surface area contributed by atoms with Crippen molar-refractivity contribution >= 4 is 113 Å². The van der Waals surface area contributed by atoms with E-state index in [-0.39, 0.29) is 73.1 Å². The fourth-order valence-corrected chi connectivity index (χ4v) is 35.0. The van der Waals surface area contributed by atoms with Gasteiger partial charge in [0.15, 0.2) is 45.2 Å². The summed E-state index contributed by atoms with van der Waals surface area (Å²) >= 11 is 13.2. The molecule has 4 aliphatic rings. The van der Waals surface area contributed by atoms with E-state index in [0.717, 1.165) is 0 Å². The lowest BCUT2D eigenvalue weighted by Gasteiger charge is -2.51. The van der Waals surface area contributed by atoms with E-state index in [1.54, 1.807) is 40.3 Å². The first-order chi connectivity index (χ1) is 38.9. The molecule has 8 atom stereocenters. The molecular formula is C52H87N11O12S4Si4. The molecule has 23 nitrogen and oxygen atoms in total. The first-order valence-electron chi connectivity index (χ1n) is 28.5. The van der Waals surface area contributed by atoms with Crippen LogP contribution in [-0.4, -0.2) is 164 Å². The summed E-state index contributed by atoms with van der Waals surface area (Å²) in [5, 5.41) is 15.4. The lowest BCUT2D eigenvalue weighted by Crippen LogP contribution is -2.66. The summed E-state index contributed by atoms with van der Waals surface area (Å²) in [6.07, 6.45) is 4.67. The van der Waals surface area contributed by atoms with Gasteiger partial charge in [0.1, 0.15) is 54.8 Å². The third-order valence-corrected chi connectivity index (χ3v) is 38.8. The summed E-state index contributed by atoms with van der Waals surface area (Å²) in [7, 11) is -11.3. The molecule has 3 N–H and O–H groups in total. The number of thioether (sulfide) groups is 2. The van der Waals surface area contributed by atoms with Gasteiger partial charge in [0.25, 0.3) is 11.1 Å². The van der Waals surface area contributed by atoms with Gasteiger partial charge in [0.2, 0.25) is 4.38 Å². The second-order valence-corrected chi connectivity index (χ2v) is 44.6. The summed E-state index contributed by atoms with van der Waals surface area (Å²) < 4.78 is 67.9. The van der Waals surface area contributed by atoms with Crippen molar-refractivity contribution < 1.29 is 45.3 Å². The topological polar surface area (TPSA) is 261 Å². The number of nitrogens with one attached hydrogen (secondary N) is 2. The molecule has 0 radical (unpaired) electrons. The van der Waals surface area contributed by atoms with Gasteiger partial charge in [0.05, 0.1) is 25.9 Å². The number of aromatic nitrogens is 11. The number of H-pyrrole nitrogens is 2. The van der Waals surface area contributed by atoms with E-state index < -0.39 is 83.3 Å². The maximum absolute atomic E-state index is 12.6. The van der Waals surface area contributed by atoms with Crippen LogP contribution in [0.2, 0.25) is 44.3 Å². The van der Waals surface area contributed by atoms with E-state index in [1.807, 2.05) is 12.5 Å². The Labute approximate surface area is 510 Å². The van der Waals surface area contributed by atoms with E-state index in [1.165, 1.54) is 36.2 Å². The maximum Gasteiger partial charge on any atom is 0.335 e. The normalized spacial score (nSPS) is 25.7. The maximum atomic E-state index is 12.6. The van der Waals surface area contributed by atoms with E-state index >= 15 is 0 Å². The number of aliphatic hydroxyl groups is 1. The van der Waals surface area contributed by atoms with Crippen LogP contribution in [0.3, 0.4) is 0 Å². The molecule has 4 aliphatic heterocycles. The summed E-state index contributed by atoms with van der Waals surface area (Å²) in [6.45, 7) is 38.7. The van der Waals surface area contributed by atoms with E-state index in [2.05, 4.69) is 151 Å². The van der Waals surface area contributed by atoms with Gasteiger partial charge < -0.3 is 55.2 Å². The van der Waals surface area contributed by atoms with Gasteiger partial charge in [-0.2, -0.15) is 5.10 Å². The minimum Gasteiger partial charge on any atom is -0.468 e. The molecule has 0 saturated carbocycles. The van der Waals surface area contributed by atoms with Gasteiger partial charge in [-0.3, -0.25) is 18.7 Å². The van der Waals surface area contributed by atoms with Gasteiger partial charge >= 0.3 is 34.2 Å². The van der Waals surface area contributed by atoms with Crippen LogP contribution in [0, 0.1) is 13.8 Å². The molecule has 0 bridgehead atoms. The smallest absolute Gasteiger partial charge is 0.335 e. The first kappa shape index (κ1) is 67.5.